The Balaban J connectivity index is 2.11. The number of nitriles is 1. The minimum absolute atomic E-state index is 0.105. The second-order valence-corrected chi connectivity index (χ2v) is 6.11. The first-order chi connectivity index (χ1) is 9.21. The van der Waals surface area contributed by atoms with Gasteiger partial charge < -0.3 is 0 Å². The molecule has 0 saturated heterocycles. The molecule has 0 amide bonds. The Hall–Kier alpha value is -1.29. The third-order valence-electron chi connectivity index (χ3n) is 4.74. The van der Waals surface area contributed by atoms with E-state index in [2.05, 4.69) is 44.2 Å². The Kier molecular flexibility index (Phi) is 4.64. The maximum absolute atomic E-state index is 9.67. The number of benzene rings is 1. The van der Waals surface area contributed by atoms with Gasteiger partial charge in [0.1, 0.15) is 0 Å². The molecule has 0 spiro atoms. The molecule has 0 N–H and O–H groups in total. The lowest BCUT2D eigenvalue weighted by Crippen LogP contribution is -2.29. The predicted molar refractivity (Wildman–Crippen MR) is 79.8 cm³/mol. The van der Waals surface area contributed by atoms with Gasteiger partial charge in [0.25, 0.3) is 0 Å². The van der Waals surface area contributed by atoms with Crippen molar-refractivity contribution in [3.05, 3.63) is 35.4 Å². The van der Waals surface area contributed by atoms with Gasteiger partial charge in [-0.05, 0) is 42.7 Å². The molecule has 1 aliphatic carbocycles. The Morgan fingerprint density at radius 3 is 2.47 bits per heavy atom. The summed E-state index contributed by atoms with van der Waals surface area (Å²) < 4.78 is 0. The molecule has 0 bridgehead atoms. The SMILES string of the molecule is CCc1ccc(CC2(C#N)CCCC(CC)C2)cc1. The average molecular weight is 255 g/mol. The van der Waals surface area contributed by atoms with Crippen LogP contribution < -0.4 is 0 Å². The van der Waals surface area contributed by atoms with E-state index < -0.39 is 0 Å². The fourth-order valence-corrected chi connectivity index (χ4v) is 3.42. The van der Waals surface area contributed by atoms with Gasteiger partial charge >= 0.3 is 0 Å². The highest BCUT2D eigenvalue weighted by Crippen LogP contribution is 2.42. The van der Waals surface area contributed by atoms with Crippen molar-refractivity contribution < 1.29 is 0 Å². The molecular formula is C18H25N. The summed E-state index contributed by atoms with van der Waals surface area (Å²) >= 11 is 0. The minimum atomic E-state index is -0.105. The third-order valence-corrected chi connectivity index (χ3v) is 4.74. The van der Waals surface area contributed by atoms with Crippen molar-refractivity contribution in [1.29, 1.82) is 5.26 Å². The van der Waals surface area contributed by atoms with Crippen LogP contribution in [0, 0.1) is 22.7 Å². The number of hydrogen-bond acceptors (Lipinski definition) is 1. The molecule has 0 aliphatic heterocycles. The summed E-state index contributed by atoms with van der Waals surface area (Å²) in [6.45, 7) is 4.44. The van der Waals surface area contributed by atoms with Crippen molar-refractivity contribution in [3.63, 3.8) is 0 Å². The summed E-state index contributed by atoms with van der Waals surface area (Å²) in [6, 6.07) is 11.5. The van der Waals surface area contributed by atoms with Crippen LogP contribution in [0.3, 0.4) is 0 Å². The normalized spacial score (nSPS) is 26.9. The maximum atomic E-state index is 9.67. The van der Waals surface area contributed by atoms with Gasteiger partial charge in [0.15, 0.2) is 0 Å². The van der Waals surface area contributed by atoms with Crippen molar-refractivity contribution in [3.8, 4) is 6.07 Å². The van der Waals surface area contributed by atoms with Crippen LogP contribution in [0.15, 0.2) is 24.3 Å². The third kappa shape index (κ3) is 3.38. The van der Waals surface area contributed by atoms with Gasteiger partial charge in [-0.25, -0.2) is 0 Å². The van der Waals surface area contributed by atoms with E-state index in [1.807, 2.05) is 0 Å². The van der Waals surface area contributed by atoms with Gasteiger partial charge in [0.2, 0.25) is 0 Å². The number of nitrogens with zero attached hydrogens (tertiary/aromatic N) is 1. The summed E-state index contributed by atoms with van der Waals surface area (Å²) in [7, 11) is 0. The Morgan fingerprint density at radius 2 is 1.89 bits per heavy atom. The van der Waals surface area contributed by atoms with Crippen LogP contribution >= 0.6 is 0 Å². The lowest BCUT2D eigenvalue weighted by atomic mass is 9.67. The summed E-state index contributed by atoms with van der Waals surface area (Å²) in [5, 5.41) is 9.67. The number of hydrogen-bond donors (Lipinski definition) is 0. The Morgan fingerprint density at radius 1 is 1.21 bits per heavy atom. The van der Waals surface area contributed by atoms with Crippen LogP contribution in [0.25, 0.3) is 0 Å². The van der Waals surface area contributed by atoms with Crippen molar-refractivity contribution in [2.75, 3.05) is 0 Å². The van der Waals surface area contributed by atoms with E-state index in [0.717, 1.165) is 31.6 Å². The van der Waals surface area contributed by atoms with E-state index in [1.165, 1.54) is 30.4 Å². The molecule has 2 rings (SSSR count). The van der Waals surface area contributed by atoms with E-state index >= 15 is 0 Å². The molecule has 1 aliphatic rings. The second-order valence-electron chi connectivity index (χ2n) is 6.11. The zero-order chi connectivity index (χ0) is 13.7. The molecule has 2 atom stereocenters. The van der Waals surface area contributed by atoms with Crippen molar-refractivity contribution in [2.24, 2.45) is 11.3 Å². The highest BCUT2D eigenvalue weighted by molar-refractivity contribution is 5.25. The van der Waals surface area contributed by atoms with Gasteiger partial charge in [0.05, 0.1) is 11.5 Å². The van der Waals surface area contributed by atoms with Crippen LogP contribution in [-0.2, 0) is 12.8 Å². The fraction of sp³-hybridized carbons (Fsp3) is 0.611. The van der Waals surface area contributed by atoms with Gasteiger partial charge in [-0.3, -0.25) is 0 Å². The number of aryl methyl sites for hydroxylation is 1. The van der Waals surface area contributed by atoms with Crippen LogP contribution in [0.5, 0.6) is 0 Å². The minimum Gasteiger partial charge on any atom is -0.198 e. The first kappa shape index (κ1) is 14.1. The highest BCUT2D eigenvalue weighted by atomic mass is 14.4. The predicted octanol–water partition coefficient (Wildman–Crippen LogP) is 4.90. The van der Waals surface area contributed by atoms with E-state index in [4.69, 9.17) is 0 Å². The van der Waals surface area contributed by atoms with Gasteiger partial charge in [0, 0.05) is 0 Å². The highest BCUT2D eigenvalue weighted by Gasteiger charge is 2.35. The van der Waals surface area contributed by atoms with Gasteiger partial charge in [-0.15, -0.1) is 0 Å². The molecule has 102 valence electrons. The first-order valence-corrected chi connectivity index (χ1v) is 7.70. The molecule has 1 aromatic carbocycles. The lowest BCUT2D eigenvalue weighted by Gasteiger charge is -2.35. The van der Waals surface area contributed by atoms with Crippen LogP contribution in [0.2, 0.25) is 0 Å². The van der Waals surface area contributed by atoms with E-state index in [0.29, 0.717) is 0 Å². The molecule has 1 fully saturated rings. The molecule has 1 nitrogen and oxygen atoms in total. The molecule has 0 heterocycles. The fourth-order valence-electron chi connectivity index (χ4n) is 3.42. The maximum Gasteiger partial charge on any atom is 0.0693 e. The van der Waals surface area contributed by atoms with Crippen LogP contribution in [0.4, 0.5) is 0 Å². The molecular weight excluding hydrogens is 230 g/mol. The van der Waals surface area contributed by atoms with Gasteiger partial charge in [-0.1, -0.05) is 57.4 Å². The molecule has 0 radical (unpaired) electrons. The second kappa shape index (κ2) is 6.24. The summed E-state index contributed by atoms with van der Waals surface area (Å²) in [5.41, 5.74) is 2.60. The number of rotatable bonds is 4. The Bertz CT molecular complexity index is 440. The molecule has 2 unspecified atom stereocenters. The van der Waals surface area contributed by atoms with Crippen molar-refractivity contribution in [1.82, 2.24) is 0 Å². The van der Waals surface area contributed by atoms with E-state index in [1.54, 1.807) is 0 Å². The van der Waals surface area contributed by atoms with Crippen molar-refractivity contribution in [2.45, 2.75) is 58.8 Å². The van der Waals surface area contributed by atoms with Crippen molar-refractivity contribution >= 4 is 0 Å². The average Bonchev–Trinajstić information content (AvgIpc) is 2.48. The molecule has 1 aromatic rings. The van der Waals surface area contributed by atoms with E-state index in [9.17, 15) is 5.26 Å². The topological polar surface area (TPSA) is 23.8 Å². The molecule has 1 saturated carbocycles. The Labute approximate surface area is 117 Å². The molecule has 1 heteroatoms. The van der Waals surface area contributed by atoms with Gasteiger partial charge in [-0.2, -0.15) is 5.26 Å². The zero-order valence-electron chi connectivity index (χ0n) is 12.3. The summed E-state index contributed by atoms with van der Waals surface area (Å²) in [5.74, 6) is 0.753. The largest absolute Gasteiger partial charge is 0.198 e. The quantitative estimate of drug-likeness (QED) is 0.750. The standard InChI is InChI=1S/C18H25N/c1-3-15-7-9-17(10-8-15)13-18(14-19)11-5-6-16(4-2)12-18/h7-10,16H,3-6,11-13H2,1-2H3. The monoisotopic (exact) mass is 255 g/mol. The summed E-state index contributed by atoms with van der Waals surface area (Å²) in [6.07, 6.45) is 7.95. The molecule has 0 aromatic heterocycles. The summed E-state index contributed by atoms with van der Waals surface area (Å²) in [4.78, 5) is 0. The van der Waals surface area contributed by atoms with Crippen LogP contribution in [-0.4, -0.2) is 0 Å². The van der Waals surface area contributed by atoms with E-state index in [-0.39, 0.29) is 5.41 Å². The zero-order valence-corrected chi connectivity index (χ0v) is 12.3. The first-order valence-electron chi connectivity index (χ1n) is 7.70. The van der Waals surface area contributed by atoms with Crippen LogP contribution in [0.1, 0.15) is 57.1 Å². The smallest absolute Gasteiger partial charge is 0.0693 e. The molecule has 19 heavy (non-hydrogen) atoms. The lowest BCUT2D eigenvalue weighted by molar-refractivity contribution is 0.194.